The highest BCUT2D eigenvalue weighted by Crippen LogP contribution is 2.37. The lowest BCUT2D eigenvalue weighted by Gasteiger charge is -2.19. The Hall–Kier alpha value is -3.08. The van der Waals surface area contributed by atoms with E-state index >= 15 is 0 Å². The van der Waals surface area contributed by atoms with Gasteiger partial charge in [-0.3, -0.25) is 14.9 Å². The number of benzene rings is 2. The van der Waals surface area contributed by atoms with Gasteiger partial charge in [0.2, 0.25) is 0 Å². The molecule has 0 fully saturated rings. The Morgan fingerprint density at radius 3 is 2.64 bits per heavy atom. The van der Waals surface area contributed by atoms with E-state index in [4.69, 9.17) is 4.74 Å². The molecule has 0 unspecified atom stereocenters. The summed E-state index contributed by atoms with van der Waals surface area (Å²) >= 11 is 0. The van der Waals surface area contributed by atoms with Crippen molar-refractivity contribution in [3.05, 3.63) is 64.7 Å². The number of imide groups is 1. The molecule has 0 aliphatic carbocycles. The van der Waals surface area contributed by atoms with Gasteiger partial charge in [0, 0.05) is 0 Å². The maximum atomic E-state index is 11.8. The van der Waals surface area contributed by atoms with Crippen LogP contribution >= 0.6 is 0 Å². The van der Waals surface area contributed by atoms with E-state index in [1.54, 1.807) is 6.07 Å². The second-order valence-electron chi connectivity index (χ2n) is 5.15. The first kappa shape index (κ1) is 12.6. The Kier molecular flexibility index (Phi) is 2.56. The van der Waals surface area contributed by atoms with Gasteiger partial charge in [0.05, 0.1) is 16.7 Å². The monoisotopic (exact) mass is 293 g/mol. The Morgan fingerprint density at radius 1 is 1.00 bits per heavy atom. The minimum Gasteiger partial charge on any atom is -0.506 e. The standard InChI is InChI=1S/C17H11NO4/c19-15-10(6-7-11-14(15)17(21)18-16(11)20)13-8-5-9-3-1-2-4-12(9)22-13/h1-4,6-8,19H,5H2,(H,18,20,21). The van der Waals surface area contributed by atoms with Crippen molar-refractivity contribution in [1.29, 1.82) is 0 Å². The Morgan fingerprint density at radius 2 is 1.77 bits per heavy atom. The predicted molar refractivity (Wildman–Crippen MR) is 78.7 cm³/mol. The predicted octanol–water partition coefficient (Wildman–Crippen LogP) is 2.25. The summed E-state index contributed by atoms with van der Waals surface area (Å²) in [6.07, 6.45) is 2.52. The van der Waals surface area contributed by atoms with Crippen LogP contribution in [-0.4, -0.2) is 16.9 Å². The molecule has 22 heavy (non-hydrogen) atoms. The van der Waals surface area contributed by atoms with Gasteiger partial charge in [-0.25, -0.2) is 0 Å². The Labute approximate surface area is 125 Å². The number of phenolic OH excluding ortho intramolecular Hbond substituents is 1. The molecule has 2 aliphatic heterocycles. The Balaban J connectivity index is 1.80. The van der Waals surface area contributed by atoms with Crippen molar-refractivity contribution in [3.63, 3.8) is 0 Å². The van der Waals surface area contributed by atoms with Crippen LogP contribution in [0.2, 0.25) is 0 Å². The summed E-state index contributed by atoms with van der Waals surface area (Å²) in [6.45, 7) is 0. The average molecular weight is 293 g/mol. The fraction of sp³-hybridized carbons (Fsp3) is 0.0588. The van der Waals surface area contributed by atoms with Gasteiger partial charge in [-0.15, -0.1) is 0 Å². The van der Waals surface area contributed by atoms with Crippen LogP contribution in [0.4, 0.5) is 0 Å². The van der Waals surface area contributed by atoms with Crippen molar-refractivity contribution in [2.75, 3.05) is 0 Å². The summed E-state index contributed by atoms with van der Waals surface area (Å²) in [5.41, 5.74) is 1.65. The molecule has 0 saturated heterocycles. The average Bonchev–Trinajstić information content (AvgIpc) is 2.82. The molecular formula is C17H11NO4. The number of ether oxygens (including phenoxy) is 1. The van der Waals surface area contributed by atoms with Crippen LogP contribution in [0, 0.1) is 0 Å². The van der Waals surface area contributed by atoms with E-state index in [9.17, 15) is 14.7 Å². The molecule has 0 spiro atoms. The van der Waals surface area contributed by atoms with Crippen LogP contribution in [0.15, 0.2) is 42.5 Å². The molecule has 2 N–H and O–H groups in total. The van der Waals surface area contributed by atoms with Crippen molar-refractivity contribution in [1.82, 2.24) is 5.32 Å². The quantitative estimate of drug-likeness (QED) is 0.791. The lowest BCUT2D eigenvalue weighted by atomic mass is 10.00. The largest absolute Gasteiger partial charge is 0.506 e. The number of rotatable bonds is 1. The first-order chi connectivity index (χ1) is 10.6. The van der Waals surface area contributed by atoms with E-state index in [-0.39, 0.29) is 16.9 Å². The fourth-order valence-electron chi connectivity index (χ4n) is 2.74. The fourth-order valence-corrected chi connectivity index (χ4v) is 2.74. The van der Waals surface area contributed by atoms with Crippen LogP contribution in [0.25, 0.3) is 5.76 Å². The number of aromatic hydroxyl groups is 1. The third kappa shape index (κ3) is 1.72. The number of fused-ring (bicyclic) bond motifs is 2. The van der Waals surface area contributed by atoms with E-state index in [1.165, 1.54) is 6.07 Å². The molecule has 0 atom stereocenters. The van der Waals surface area contributed by atoms with Gasteiger partial charge < -0.3 is 9.84 Å². The number of amides is 2. The molecule has 2 heterocycles. The maximum Gasteiger partial charge on any atom is 0.262 e. The molecule has 0 aromatic heterocycles. The summed E-state index contributed by atoms with van der Waals surface area (Å²) in [4.78, 5) is 23.4. The second-order valence-corrected chi connectivity index (χ2v) is 5.15. The number of phenols is 1. The molecule has 0 bridgehead atoms. The SMILES string of the molecule is O=C1NC(=O)c2c1ccc(C1=CCc3ccccc3O1)c2O. The lowest BCUT2D eigenvalue weighted by Crippen LogP contribution is -2.19. The number of hydrogen-bond donors (Lipinski definition) is 2. The highest BCUT2D eigenvalue weighted by Gasteiger charge is 2.32. The van der Waals surface area contributed by atoms with Crippen LogP contribution in [-0.2, 0) is 6.42 Å². The molecule has 2 amide bonds. The van der Waals surface area contributed by atoms with E-state index in [2.05, 4.69) is 5.32 Å². The van der Waals surface area contributed by atoms with Gasteiger partial charge in [-0.1, -0.05) is 18.2 Å². The number of carbonyl (C=O) groups is 2. The molecule has 0 radical (unpaired) electrons. The second kappa shape index (κ2) is 4.46. The first-order valence-electron chi connectivity index (χ1n) is 6.83. The summed E-state index contributed by atoms with van der Waals surface area (Å²) in [6, 6.07) is 10.7. The van der Waals surface area contributed by atoms with Gasteiger partial charge in [-0.05, 0) is 36.3 Å². The van der Waals surface area contributed by atoms with Crippen molar-refractivity contribution in [3.8, 4) is 11.5 Å². The van der Waals surface area contributed by atoms with Crippen molar-refractivity contribution < 1.29 is 19.4 Å². The Bertz CT molecular complexity index is 867. The van der Waals surface area contributed by atoms with Crippen LogP contribution in [0.5, 0.6) is 11.5 Å². The number of hydrogen-bond acceptors (Lipinski definition) is 4. The molecule has 2 aromatic carbocycles. The number of allylic oxidation sites excluding steroid dienone is 1. The highest BCUT2D eigenvalue weighted by atomic mass is 16.5. The molecule has 0 saturated carbocycles. The molecular weight excluding hydrogens is 282 g/mol. The van der Waals surface area contributed by atoms with E-state index < -0.39 is 11.8 Å². The molecule has 5 heteroatoms. The topological polar surface area (TPSA) is 75.6 Å². The summed E-state index contributed by atoms with van der Waals surface area (Å²) < 4.78 is 5.81. The van der Waals surface area contributed by atoms with Crippen molar-refractivity contribution >= 4 is 17.6 Å². The molecule has 2 aromatic rings. The minimum absolute atomic E-state index is 0.00542. The zero-order valence-electron chi connectivity index (χ0n) is 11.4. The maximum absolute atomic E-state index is 11.8. The van der Waals surface area contributed by atoms with Crippen LogP contribution < -0.4 is 10.1 Å². The van der Waals surface area contributed by atoms with Crippen LogP contribution in [0.1, 0.15) is 31.8 Å². The van der Waals surface area contributed by atoms with Gasteiger partial charge in [0.15, 0.2) is 0 Å². The highest BCUT2D eigenvalue weighted by molar-refractivity contribution is 6.23. The van der Waals surface area contributed by atoms with Crippen molar-refractivity contribution in [2.24, 2.45) is 0 Å². The zero-order chi connectivity index (χ0) is 15.3. The van der Waals surface area contributed by atoms with Crippen LogP contribution in [0.3, 0.4) is 0 Å². The van der Waals surface area contributed by atoms with E-state index in [0.717, 1.165) is 11.3 Å². The summed E-state index contributed by atoms with van der Waals surface area (Å²) in [5.74, 6) is -0.111. The van der Waals surface area contributed by atoms with E-state index in [1.807, 2.05) is 30.3 Å². The molecule has 5 nitrogen and oxygen atoms in total. The molecule has 4 rings (SSSR count). The molecule has 2 aliphatic rings. The number of carbonyl (C=O) groups excluding carboxylic acids is 2. The third-order valence-electron chi connectivity index (χ3n) is 3.84. The van der Waals surface area contributed by atoms with Gasteiger partial charge in [0.1, 0.15) is 17.3 Å². The molecule has 108 valence electrons. The van der Waals surface area contributed by atoms with Gasteiger partial charge in [-0.2, -0.15) is 0 Å². The minimum atomic E-state index is -0.587. The third-order valence-corrected chi connectivity index (χ3v) is 3.84. The first-order valence-corrected chi connectivity index (χ1v) is 6.83. The van der Waals surface area contributed by atoms with Gasteiger partial charge in [0.25, 0.3) is 11.8 Å². The lowest BCUT2D eigenvalue weighted by molar-refractivity contribution is 0.0879. The normalized spacial score (nSPS) is 15.5. The smallest absolute Gasteiger partial charge is 0.262 e. The summed E-state index contributed by atoms with van der Waals surface area (Å²) in [5, 5.41) is 12.5. The summed E-state index contributed by atoms with van der Waals surface area (Å²) in [7, 11) is 0. The van der Waals surface area contributed by atoms with Crippen molar-refractivity contribution in [2.45, 2.75) is 6.42 Å². The number of para-hydroxylation sites is 1. The van der Waals surface area contributed by atoms with Gasteiger partial charge >= 0.3 is 0 Å². The van der Waals surface area contributed by atoms with E-state index in [0.29, 0.717) is 17.7 Å². The zero-order valence-corrected chi connectivity index (χ0v) is 11.4. The number of nitrogens with one attached hydrogen (secondary N) is 1.